The van der Waals surface area contributed by atoms with Crippen molar-refractivity contribution in [2.45, 2.75) is 44.9 Å². The second-order valence-electron chi connectivity index (χ2n) is 9.01. The Kier molecular flexibility index (Phi) is 6.35. The van der Waals surface area contributed by atoms with Crippen molar-refractivity contribution in [1.29, 1.82) is 0 Å². The number of amides is 1. The molecule has 0 bridgehead atoms. The lowest BCUT2D eigenvalue weighted by Gasteiger charge is -2.20. The topological polar surface area (TPSA) is 136 Å². The van der Waals surface area contributed by atoms with Crippen molar-refractivity contribution < 1.29 is 4.79 Å². The van der Waals surface area contributed by atoms with Gasteiger partial charge in [-0.15, -0.1) is 11.3 Å². The number of nitrogens with one attached hydrogen (secondary N) is 2. The zero-order chi connectivity index (χ0) is 23.7. The Morgan fingerprint density at radius 1 is 1.26 bits per heavy atom. The van der Waals surface area contributed by atoms with Crippen LogP contribution in [0.2, 0.25) is 0 Å². The summed E-state index contributed by atoms with van der Waals surface area (Å²) in [5.74, 6) is 6.95. The average Bonchev–Trinajstić information content (AvgIpc) is 3.45. The zero-order valence-corrected chi connectivity index (χ0v) is 20.0. The third kappa shape index (κ3) is 4.43. The molecule has 9 heteroatoms. The monoisotopic (exact) mass is 475 g/mol. The summed E-state index contributed by atoms with van der Waals surface area (Å²) in [6.07, 6.45) is 10.1. The van der Waals surface area contributed by atoms with Crippen molar-refractivity contribution >= 4 is 34.1 Å². The van der Waals surface area contributed by atoms with E-state index in [1.165, 1.54) is 5.01 Å². The number of pyridine rings is 1. The van der Waals surface area contributed by atoms with Crippen LogP contribution in [0, 0.1) is 30.6 Å². The number of aromatic amines is 1. The molecule has 3 aromatic rings. The molecular formula is C25H29N7OS. The van der Waals surface area contributed by atoms with Gasteiger partial charge in [0.25, 0.3) is 0 Å². The zero-order valence-electron chi connectivity index (χ0n) is 19.2. The first-order valence-electron chi connectivity index (χ1n) is 11.8. The van der Waals surface area contributed by atoms with Crippen molar-refractivity contribution in [2.75, 3.05) is 18.8 Å². The van der Waals surface area contributed by atoms with Gasteiger partial charge >= 0.3 is 0 Å². The minimum atomic E-state index is -0.294. The molecule has 0 saturated carbocycles. The Bertz CT molecular complexity index is 1310. The summed E-state index contributed by atoms with van der Waals surface area (Å²) in [7, 11) is 0. The lowest BCUT2D eigenvalue weighted by atomic mass is 9.84. The van der Waals surface area contributed by atoms with E-state index in [2.05, 4.69) is 33.2 Å². The largest absolute Gasteiger partial charge is 0.397 e. The standard InChI is InChI=1S/C25H29N7OS/c1-14-21(34-25(30-14)16-9-11-28-12-10-16)24-31-20-19(26)17(13-29-23(20)32-24)7-4-6-15-5-2-3-8-18(15)22(27)33/h2,5,13,15-16,18,28H,3,7-12H2,1H3,(H2,27,33)(H3,26,29,31,32)/t15-,18-/m1/s1. The maximum absolute atomic E-state index is 11.7. The van der Waals surface area contributed by atoms with E-state index in [-0.39, 0.29) is 17.7 Å². The first-order chi connectivity index (χ1) is 16.5. The van der Waals surface area contributed by atoms with Crippen LogP contribution in [0.3, 0.4) is 0 Å². The summed E-state index contributed by atoms with van der Waals surface area (Å²) in [5, 5.41) is 4.59. The van der Waals surface area contributed by atoms with E-state index >= 15 is 0 Å². The molecular weight excluding hydrogens is 446 g/mol. The molecule has 0 spiro atoms. The number of carbonyl (C=O) groups excluding carboxylic acids is 1. The minimum Gasteiger partial charge on any atom is -0.397 e. The molecule has 0 radical (unpaired) electrons. The number of hydrogen-bond donors (Lipinski definition) is 4. The molecule has 1 amide bonds. The van der Waals surface area contributed by atoms with Crippen LogP contribution in [-0.4, -0.2) is 38.9 Å². The molecule has 4 heterocycles. The van der Waals surface area contributed by atoms with Crippen LogP contribution in [-0.2, 0) is 11.2 Å². The number of piperidine rings is 1. The van der Waals surface area contributed by atoms with E-state index in [1.807, 2.05) is 13.0 Å². The second kappa shape index (κ2) is 9.57. The van der Waals surface area contributed by atoms with Gasteiger partial charge in [0.2, 0.25) is 5.91 Å². The number of aryl methyl sites for hydroxylation is 1. The number of hydrogen-bond acceptors (Lipinski definition) is 7. The number of thiazole rings is 1. The molecule has 6 N–H and O–H groups in total. The van der Waals surface area contributed by atoms with Gasteiger partial charge in [-0.25, -0.2) is 15.0 Å². The van der Waals surface area contributed by atoms with Gasteiger partial charge < -0.3 is 21.8 Å². The predicted molar refractivity (Wildman–Crippen MR) is 135 cm³/mol. The van der Waals surface area contributed by atoms with Crippen molar-refractivity contribution in [2.24, 2.45) is 17.6 Å². The maximum atomic E-state index is 11.7. The van der Waals surface area contributed by atoms with E-state index in [0.717, 1.165) is 66.2 Å². The fourth-order valence-corrected chi connectivity index (χ4v) is 5.89. The summed E-state index contributed by atoms with van der Waals surface area (Å²) in [6, 6.07) is 0. The van der Waals surface area contributed by atoms with E-state index in [9.17, 15) is 4.79 Å². The molecule has 0 aromatic carbocycles. The van der Waals surface area contributed by atoms with E-state index in [1.54, 1.807) is 17.5 Å². The predicted octanol–water partition coefficient (Wildman–Crippen LogP) is 3.05. The highest BCUT2D eigenvalue weighted by molar-refractivity contribution is 7.15. The molecule has 1 aliphatic heterocycles. The molecule has 2 atom stereocenters. The smallest absolute Gasteiger partial charge is 0.222 e. The van der Waals surface area contributed by atoms with Crippen molar-refractivity contribution in [1.82, 2.24) is 25.3 Å². The SMILES string of the molecule is Cc1nc(C2CCNCC2)sc1-c1nc2ncc(CC#C[C@H]3C=CCC[C@H]3C(N)=O)c(N)c2[nH]1. The van der Waals surface area contributed by atoms with Gasteiger partial charge in [0.15, 0.2) is 11.5 Å². The molecule has 1 aliphatic carbocycles. The molecule has 1 saturated heterocycles. The molecule has 8 nitrogen and oxygen atoms in total. The molecule has 5 rings (SSSR count). The van der Waals surface area contributed by atoms with Crippen LogP contribution < -0.4 is 16.8 Å². The number of nitrogens with zero attached hydrogens (tertiary/aromatic N) is 3. The quantitative estimate of drug-likeness (QED) is 0.338. The second-order valence-corrected chi connectivity index (χ2v) is 10.0. The fraction of sp³-hybridized carbons (Fsp3) is 0.440. The van der Waals surface area contributed by atoms with Gasteiger partial charge in [-0.1, -0.05) is 24.0 Å². The third-order valence-electron chi connectivity index (χ3n) is 6.69. The molecule has 0 unspecified atom stereocenters. The number of carbonyl (C=O) groups is 1. The molecule has 3 aromatic heterocycles. The number of anilines is 1. The summed E-state index contributed by atoms with van der Waals surface area (Å²) in [5.41, 5.74) is 15.7. The number of nitrogen functional groups attached to an aromatic ring is 1. The van der Waals surface area contributed by atoms with Gasteiger partial charge in [0.1, 0.15) is 5.52 Å². The highest BCUT2D eigenvalue weighted by atomic mass is 32.1. The summed E-state index contributed by atoms with van der Waals surface area (Å²) in [4.78, 5) is 30.2. The fourth-order valence-electron chi connectivity index (χ4n) is 4.71. The van der Waals surface area contributed by atoms with E-state index in [4.69, 9.17) is 21.4 Å². The number of imidazole rings is 1. The van der Waals surface area contributed by atoms with Gasteiger partial charge in [0, 0.05) is 30.0 Å². The number of primary amides is 1. The summed E-state index contributed by atoms with van der Waals surface area (Å²) < 4.78 is 0. The van der Waals surface area contributed by atoms with Gasteiger partial charge in [-0.05, 0) is 45.7 Å². The third-order valence-corrected chi connectivity index (χ3v) is 8.02. The highest BCUT2D eigenvalue weighted by Gasteiger charge is 2.25. The Morgan fingerprint density at radius 3 is 2.88 bits per heavy atom. The van der Waals surface area contributed by atoms with Crippen LogP contribution in [0.5, 0.6) is 0 Å². The number of fused-ring (bicyclic) bond motifs is 1. The summed E-state index contributed by atoms with van der Waals surface area (Å²) >= 11 is 1.71. The first-order valence-corrected chi connectivity index (χ1v) is 12.6. The number of allylic oxidation sites excluding steroid dienone is 2. The average molecular weight is 476 g/mol. The van der Waals surface area contributed by atoms with Crippen LogP contribution in [0.1, 0.15) is 47.9 Å². The van der Waals surface area contributed by atoms with Gasteiger partial charge in [-0.3, -0.25) is 4.79 Å². The number of nitrogens with two attached hydrogens (primary N) is 2. The molecule has 1 fully saturated rings. The number of aromatic nitrogens is 4. The normalized spacial score (nSPS) is 20.9. The Labute approximate surface area is 202 Å². The van der Waals surface area contributed by atoms with E-state index < -0.39 is 0 Å². The minimum absolute atomic E-state index is 0.147. The first kappa shape index (κ1) is 22.6. The number of rotatable bonds is 4. The molecule has 2 aliphatic rings. The van der Waals surface area contributed by atoms with Crippen LogP contribution in [0.25, 0.3) is 21.9 Å². The van der Waals surface area contributed by atoms with Crippen molar-refractivity contribution in [3.8, 4) is 22.5 Å². The maximum Gasteiger partial charge on any atom is 0.222 e. The van der Waals surface area contributed by atoms with E-state index in [0.29, 0.717) is 23.7 Å². The van der Waals surface area contributed by atoms with Gasteiger partial charge in [-0.2, -0.15) is 0 Å². The van der Waals surface area contributed by atoms with Crippen LogP contribution in [0.4, 0.5) is 5.69 Å². The van der Waals surface area contributed by atoms with Crippen molar-refractivity contribution in [3.05, 3.63) is 34.6 Å². The van der Waals surface area contributed by atoms with Crippen LogP contribution in [0.15, 0.2) is 18.3 Å². The Morgan fingerprint density at radius 2 is 2.09 bits per heavy atom. The Balaban J connectivity index is 1.38. The van der Waals surface area contributed by atoms with Gasteiger partial charge in [0.05, 0.1) is 27.2 Å². The lowest BCUT2D eigenvalue weighted by molar-refractivity contribution is -0.122. The summed E-state index contributed by atoms with van der Waals surface area (Å²) in [6.45, 7) is 4.10. The Hall–Kier alpha value is -3.22. The van der Waals surface area contributed by atoms with Crippen molar-refractivity contribution in [3.63, 3.8) is 0 Å². The lowest BCUT2D eigenvalue weighted by Crippen LogP contribution is -2.29. The van der Waals surface area contributed by atoms with Crippen LogP contribution >= 0.6 is 11.3 Å². The number of H-pyrrole nitrogens is 1. The molecule has 176 valence electrons. The molecule has 34 heavy (non-hydrogen) atoms. The highest BCUT2D eigenvalue weighted by Crippen LogP contribution is 2.36.